The Balaban J connectivity index is 0.000000344. The predicted octanol–water partition coefficient (Wildman–Crippen LogP) is 3.85. The molecule has 5 rings (SSSR count). The summed E-state index contributed by atoms with van der Waals surface area (Å²) in [7, 11) is -1.37. The van der Waals surface area contributed by atoms with Crippen molar-refractivity contribution in [3.8, 4) is 11.1 Å². The van der Waals surface area contributed by atoms with E-state index in [0.717, 1.165) is 29.8 Å². The lowest BCUT2D eigenvalue weighted by molar-refractivity contribution is -0.192. The summed E-state index contributed by atoms with van der Waals surface area (Å²) >= 11 is 1.79. The quantitative estimate of drug-likeness (QED) is 0.572. The van der Waals surface area contributed by atoms with E-state index in [-0.39, 0.29) is 11.2 Å². The van der Waals surface area contributed by atoms with Crippen LogP contribution in [0.25, 0.3) is 11.1 Å². The fourth-order valence-corrected chi connectivity index (χ4v) is 7.52. The number of carbonyl (C=O) groups is 1. The summed E-state index contributed by atoms with van der Waals surface area (Å²) in [6.07, 6.45) is -1.30. The molecule has 0 saturated carbocycles. The number of likely N-dealkylation sites (tertiary alicyclic amines) is 1. The van der Waals surface area contributed by atoms with Crippen LogP contribution in [0.5, 0.6) is 0 Å². The molecule has 3 aromatic rings. The first kappa shape index (κ1) is 24.4. The highest BCUT2D eigenvalue weighted by Gasteiger charge is 2.50. The smallest absolute Gasteiger partial charge is 0.475 e. The van der Waals surface area contributed by atoms with Crippen LogP contribution in [0.15, 0.2) is 47.6 Å². The van der Waals surface area contributed by atoms with E-state index in [4.69, 9.17) is 9.90 Å². The summed E-state index contributed by atoms with van der Waals surface area (Å²) in [5.74, 6) is -2.70. The van der Waals surface area contributed by atoms with Gasteiger partial charge in [0, 0.05) is 54.1 Å². The molecule has 34 heavy (non-hydrogen) atoms. The third-order valence-electron chi connectivity index (χ3n) is 5.91. The van der Waals surface area contributed by atoms with Crippen LogP contribution in [0.2, 0.25) is 0 Å². The summed E-state index contributed by atoms with van der Waals surface area (Å²) in [5, 5.41) is 11.0. The molecule has 0 bridgehead atoms. The number of halogens is 3. The summed E-state index contributed by atoms with van der Waals surface area (Å²) < 4.78 is 59.7. The van der Waals surface area contributed by atoms with Crippen LogP contribution in [-0.2, 0) is 28.2 Å². The van der Waals surface area contributed by atoms with Crippen molar-refractivity contribution in [2.75, 3.05) is 13.1 Å². The van der Waals surface area contributed by atoms with Crippen molar-refractivity contribution in [3.63, 3.8) is 0 Å². The topological polar surface area (TPSA) is 92.5 Å². The fourth-order valence-electron chi connectivity index (χ4n) is 4.39. The Labute approximate surface area is 198 Å². The van der Waals surface area contributed by atoms with Gasteiger partial charge in [0.05, 0.1) is 16.3 Å². The lowest BCUT2D eigenvalue weighted by atomic mass is 9.95. The number of carboxylic acid groups (broad SMARTS) is 1. The number of aryl methyl sites for hydroxylation is 2. The summed E-state index contributed by atoms with van der Waals surface area (Å²) in [5.41, 5.74) is 3.03. The first-order valence-electron chi connectivity index (χ1n) is 10.3. The lowest BCUT2D eigenvalue weighted by Crippen LogP contribution is -2.25. The number of benzene rings is 1. The van der Waals surface area contributed by atoms with E-state index in [2.05, 4.69) is 35.1 Å². The van der Waals surface area contributed by atoms with Crippen LogP contribution < -0.4 is 0 Å². The van der Waals surface area contributed by atoms with Crippen molar-refractivity contribution in [3.05, 3.63) is 58.0 Å². The van der Waals surface area contributed by atoms with Gasteiger partial charge >= 0.3 is 12.1 Å². The molecular weight excluding hydrogens is 491 g/mol. The normalized spacial score (nSPS) is 21.0. The number of nitrogens with zero attached hydrogens (tertiary/aromatic N) is 3. The van der Waals surface area contributed by atoms with Gasteiger partial charge in [0.15, 0.2) is 9.84 Å². The van der Waals surface area contributed by atoms with Crippen molar-refractivity contribution in [2.24, 2.45) is 7.05 Å². The lowest BCUT2D eigenvalue weighted by Gasteiger charge is -2.16. The Hall–Kier alpha value is -2.70. The highest BCUT2D eigenvalue weighted by Crippen LogP contribution is 2.46. The Bertz CT molecular complexity index is 1330. The highest BCUT2D eigenvalue weighted by molar-refractivity contribution is 7.92. The van der Waals surface area contributed by atoms with Crippen LogP contribution in [0, 0.1) is 6.92 Å². The van der Waals surface area contributed by atoms with Crippen molar-refractivity contribution < 1.29 is 31.5 Å². The third kappa shape index (κ3) is 4.75. The molecule has 182 valence electrons. The monoisotopic (exact) mass is 513 g/mol. The van der Waals surface area contributed by atoms with Gasteiger partial charge in [-0.3, -0.25) is 9.58 Å². The Morgan fingerprint density at radius 3 is 2.47 bits per heavy atom. The molecular formula is C22H22F3N3O4S2. The fraction of sp³-hybridized carbons (Fsp3) is 0.364. The average molecular weight is 514 g/mol. The van der Waals surface area contributed by atoms with Gasteiger partial charge in [-0.25, -0.2) is 13.2 Å². The molecule has 2 aromatic heterocycles. The van der Waals surface area contributed by atoms with Gasteiger partial charge in [0.2, 0.25) is 0 Å². The van der Waals surface area contributed by atoms with Crippen molar-refractivity contribution in [2.45, 2.75) is 35.7 Å². The second-order valence-electron chi connectivity index (χ2n) is 8.35. The molecule has 1 saturated heterocycles. The number of hydrogen-bond acceptors (Lipinski definition) is 6. The minimum atomic E-state index is -5.08. The molecule has 1 aromatic carbocycles. The first-order chi connectivity index (χ1) is 15.9. The molecule has 12 heteroatoms. The van der Waals surface area contributed by atoms with E-state index in [9.17, 15) is 21.6 Å². The molecule has 1 fully saturated rings. The molecule has 0 amide bonds. The number of thiophene rings is 1. The van der Waals surface area contributed by atoms with Gasteiger partial charge in [-0.15, -0.1) is 11.3 Å². The van der Waals surface area contributed by atoms with E-state index in [1.165, 1.54) is 9.75 Å². The Morgan fingerprint density at radius 2 is 1.91 bits per heavy atom. The molecule has 0 aliphatic carbocycles. The molecule has 4 heterocycles. The van der Waals surface area contributed by atoms with Crippen LogP contribution in [-0.4, -0.2) is 58.7 Å². The van der Waals surface area contributed by atoms with Crippen LogP contribution in [0.3, 0.4) is 0 Å². The third-order valence-corrected chi connectivity index (χ3v) is 9.16. The number of carboxylic acids is 1. The number of aromatic nitrogens is 2. The van der Waals surface area contributed by atoms with Gasteiger partial charge in [0.25, 0.3) is 0 Å². The molecule has 1 N–H and O–H groups in total. The average Bonchev–Trinajstić information content (AvgIpc) is 3.50. The summed E-state index contributed by atoms with van der Waals surface area (Å²) in [6.45, 7) is 4.34. The molecule has 0 radical (unpaired) electrons. The van der Waals surface area contributed by atoms with Gasteiger partial charge in [-0.2, -0.15) is 18.3 Å². The largest absolute Gasteiger partial charge is 0.490 e. The summed E-state index contributed by atoms with van der Waals surface area (Å²) in [4.78, 5) is 14.3. The number of rotatable bonds is 3. The van der Waals surface area contributed by atoms with E-state index in [1.807, 2.05) is 25.5 Å². The highest BCUT2D eigenvalue weighted by atomic mass is 32.2. The number of alkyl halides is 3. The zero-order valence-corrected chi connectivity index (χ0v) is 19.9. The SMILES string of the molecule is Cc1ccc(CN2CC3c4cc(-c5cnn(C)c5)ccc4S(=O)(=O)C3C2)s1.O=C(O)C(F)(F)F. The molecule has 2 aliphatic heterocycles. The van der Waals surface area contributed by atoms with E-state index >= 15 is 0 Å². The number of hydrogen-bond donors (Lipinski definition) is 1. The summed E-state index contributed by atoms with van der Waals surface area (Å²) in [6, 6.07) is 10.0. The minimum absolute atomic E-state index is 0.0580. The van der Waals surface area contributed by atoms with Crippen molar-refractivity contribution in [1.82, 2.24) is 14.7 Å². The zero-order valence-electron chi connectivity index (χ0n) is 18.3. The maximum absolute atomic E-state index is 13.1. The first-order valence-corrected chi connectivity index (χ1v) is 12.7. The number of fused-ring (bicyclic) bond motifs is 3. The van der Waals surface area contributed by atoms with Gasteiger partial charge in [-0.1, -0.05) is 6.07 Å². The van der Waals surface area contributed by atoms with E-state index < -0.39 is 22.0 Å². The number of sulfone groups is 1. The second-order valence-corrected chi connectivity index (χ2v) is 11.9. The molecule has 2 unspecified atom stereocenters. The maximum atomic E-state index is 13.1. The molecule has 2 aliphatic rings. The van der Waals surface area contributed by atoms with Crippen LogP contribution >= 0.6 is 11.3 Å². The standard InChI is InChI=1S/C20H21N3O2S2.C2HF3O2/c1-13-3-5-16(26-13)10-23-11-18-17-7-14(15-8-21-22(2)9-15)4-6-19(17)27(24,25)20(18)12-23;3-2(4,5)1(6)7/h3-9,18,20H,10-12H2,1-2H3;(H,6,7). The van der Waals surface area contributed by atoms with Crippen LogP contribution in [0.4, 0.5) is 13.2 Å². The van der Waals surface area contributed by atoms with Crippen molar-refractivity contribution in [1.29, 1.82) is 0 Å². The molecule has 2 atom stereocenters. The maximum Gasteiger partial charge on any atom is 0.490 e. The van der Waals surface area contributed by atoms with Gasteiger partial charge in [-0.05, 0) is 42.3 Å². The van der Waals surface area contributed by atoms with Crippen LogP contribution in [0.1, 0.15) is 21.2 Å². The Morgan fingerprint density at radius 1 is 1.21 bits per heavy atom. The van der Waals surface area contributed by atoms with E-state index in [1.54, 1.807) is 22.1 Å². The van der Waals surface area contributed by atoms with Gasteiger partial charge in [0.1, 0.15) is 0 Å². The van der Waals surface area contributed by atoms with Gasteiger partial charge < -0.3 is 5.11 Å². The minimum Gasteiger partial charge on any atom is -0.475 e. The van der Waals surface area contributed by atoms with Crippen molar-refractivity contribution >= 4 is 27.1 Å². The molecule has 0 spiro atoms. The Kier molecular flexibility index (Phi) is 6.34. The predicted molar refractivity (Wildman–Crippen MR) is 120 cm³/mol. The molecule has 7 nitrogen and oxygen atoms in total. The second kappa shape index (κ2) is 8.82. The zero-order chi connectivity index (χ0) is 24.8. The number of aliphatic carboxylic acids is 1. The van der Waals surface area contributed by atoms with E-state index in [0.29, 0.717) is 11.4 Å².